The second-order valence-corrected chi connectivity index (χ2v) is 18.7. The summed E-state index contributed by atoms with van der Waals surface area (Å²) in [6, 6.07) is -0.799. The second-order valence-electron chi connectivity index (χ2n) is 18.7. The first-order valence-corrected chi connectivity index (χ1v) is 26.6. The van der Waals surface area contributed by atoms with Crippen LogP contribution in [0.15, 0.2) is 24.3 Å². The molecule has 0 aromatic rings. The Bertz CT molecular complexity index is 1020. The number of carbonyl (C=O) groups is 1. The van der Waals surface area contributed by atoms with Crippen LogP contribution in [0.5, 0.6) is 0 Å². The SMILES string of the molecule is CCCCCCCC/C=C/C(O)C(COC1OC(CO)C(O)C(O)C1O)NC(=O)CCCCCCCCCCCCCCCCCCCCC/C=C\CCCCCCCCCC. The molecule has 1 fully saturated rings. The average molecular weight is 880 g/mol. The molecule has 366 valence electrons. The van der Waals surface area contributed by atoms with Crippen LogP contribution in [-0.2, 0) is 14.3 Å². The van der Waals surface area contributed by atoms with Gasteiger partial charge in [0.25, 0.3) is 0 Å². The zero-order valence-electron chi connectivity index (χ0n) is 40.4. The van der Waals surface area contributed by atoms with E-state index in [9.17, 15) is 30.3 Å². The Balaban J connectivity index is 2.07. The van der Waals surface area contributed by atoms with Crippen molar-refractivity contribution in [2.45, 2.75) is 294 Å². The highest BCUT2D eigenvalue weighted by Gasteiger charge is 2.44. The summed E-state index contributed by atoms with van der Waals surface area (Å²) in [6.45, 7) is 3.74. The minimum atomic E-state index is -1.56. The molecule has 9 nitrogen and oxygen atoms in total. The van der Waals surface area contributed by atoms with Gasteiger partial charge in [0.1, 0.15) is 24.4 Å². The lowest BCUT2D eigenvalue weighted by molar-refractivity contribution is -0.302. The monoisotopic (exact) mass is 880 g/mol. The van der Waals surface area contributed by atoms with Crippen LogP contribution in [0.25, 0.3) is 0 Å². The second kappa shape index (κ2) is 43.6. The number of hydrogen-bond acceptors (Lipinski definition) is 8. The number of aliphatic hydroxyl groups is 5. The Labute approximate surface area is 381 Å². The molecule has 1 aliphatic rings. The molecule has 0 aliphatic carbocycles. The van der Waals surface area contributed by atoms with E-state index < -0.39 is 49.5 Å². The van der Waals surface area contributed by atoms with Crippen LogP contribution >= 0.6 is 0 Å². The summed E-state index contributed by atoms with van der Waals surface area (Å²) in [5, 5.41) is 54.0. The van der Waals surface area contributed by atoms with Crippen molar-refractivity contribution in [3.05, 3.63) is 24.3 Å². The van der Waals surface area contributed by atoms with E-state index in [1.165, 1.54) is 193 Å². The summed E-state index contributed by atoms with van der Waals surface area (Å²) in [4.78, 5) is 12.9. The Morgan fingerprint density at radius 3 is 1.31 bits per heavy atom. The Morgan fingerprint density at radius 2 is 0.903 bits per heavy atom. The molecule has 1 aliphatic heterocycles. The maximum Gasteiger partial charge on any atom is 0.220 e. The molecule has 0 aromatic heterocycles. The molecule has 7 atom stereocenters. The van der Waals surface area contributed by atoms with Crippen molar-refractivity contribution in [1.82, 2.24) is 5.32 Å². The van der Waals surface area contributed by atoms with Crippen LogP contribution in [0.1, 0.15) is 251 Å². The van der Waals surface area contributed by atoms with E-state index in [2.05, 4.69) is 31.3 Å². The van der Waals surface area contributed by atoms with Crippen molar-refractivity contribution in [3.8, 4) is 0 Å². The van der Waals surface area contributed by atoms with Gasteiger partial charge in [0.15, 0.2) is 6.29 Å². The normalized spacial score (nSPS) is 20.4. The van der Waals surface area contributed by atoms with Gasteiger partial charge in [-0.05, 0) is 44.9 Å². The summed E-state index contributed by atoms with van der Waals surface area (Å²) < 4.78 is 11.2. The average Bonchev–Trinajstić information content (AvgIpc) is 3.27. The molecule has 9 heteroatoms. The van der Waals surface area contributed by atoms with E-state index in [1.54, 1.807) is 6.08 Å². The lowest BCUT2D eigenvalue weighted by atomic mass is 9.99. The molecule has 0 spiro atoms. The maximum absolute atomic E-state index is 12.9. The lowest BCUT2D eigenvalue weighted by Gasteiger charge is -2.40. The fourth-order valence-electron chi connectivity index (χ4n) is 8.51. The molecule has 0 saturated carbocycles. The van der Waals surface area contributed by atoms with Gasteiger partial charge in [-0.1, -0.05) is 224 Å². The van der Waals surface area contributed by atoms with Crippen LogP contribution in [0.2, 0.25) is 0 Å². The third-order valence-corrected chi connectivity index (χ3v) is 12.8. The molecule has 0 radical (unpaired) electrons. The van der Waals surface area contributed by atoms with Crippen LogP contribution in [0.4, 0.5) is 0 Å². The largest absolute Gasteiger partial charge is 0.394 e. The Kier molecular flexibility index (Phi) is 41.2. The minimum absolute atomic E-state index is 0.177. The number of unbranched alkanes of at least 4 members (excludes halogenated alkanes) is 33. The number of rotatable bonds is 45. The van der Waals surface area contributed by atoms with Gasteiger partial charge in [0.05, 0.1) is 25.4 Å². The van der Waals surface area contributed by atoms with E-state index in [4.69, 9.17) is 9.47 Å². The summed E-state index contributed by atoms with van der Waals surface area (Å²) in [6.07, 6.45) is 47.1. The van der Waals surface area contributed by atoms with Gasteiger partial charge in [0.2, 0.25) is 5.91 Å². The van der Waals surface area contributed by atoms with Gasteiger partial charge >= 0.3 is 0 Å². The number of hydrogen-bond donors (Lipinski definition) is 6. The lowest BCUT2D eigenvalue weighted by Crippen LogP contribution is -2.60. The minimum Gasteiger partial charge on any atom is -0.394 e. The predicted octanol–water partition coefficient (Wildman–Crippen LogP) is 12.2. The Hall–Kier alpha value is -1.33. The molecule has 1 rings (SSSR count). The number of allylic oxidation sites excluding steroid dienone is 3. The highest BCUT2D eigenvalue weighted by atomic mass is 16.7. The summed E-state index contributed by atoms with van der Waals surface area (Å²) in [7, 11) is 0. The highest BCUT2D eigenvalue weighted by Crippen LogP contribution is 2.23. The molecule has 7 unspecified atom stereocenters. The molecule has 1 heterocycles. The molecular formula is C53H101NO8. The van der Waals surface area contributed by atoms with E-state index in [-0.39, 0.29) is 12.5 Å². The molecule has 1 amide bonds. The zero-order chi connectivity index (χ0) is 45.1. The number of nitrogens with one attached hydrogen (secondary N) is 1. The first-order chi connectivity index (χ1) is 30.3. The number of aliphatic hydroxyl groups excluding tert-OH is 5. The number of amides is 1. The maximum atomic E-state index is 12.9. The van der Waals surface area contributed by atoms with Gasteiger partial charge in [0, 0.05) is 6.42 Å². The van der Waals surface area contributed by atoms with Gasteiger partial charge in [-0.25, -0.2) is 0 Å². The smallest absolute Gasteiger partial charge is 0.220 e. The van der Waals surface area contributed by atoms with Crippen molar-refractivity contribution in [2.75, 3.05) is 13.2 Å². The van der Waals surface area contributed by atoms with Gasteiger partial charge < -0.3 is 40.3 Å². The number of ether oxygens (including phenoxy) is 2. The molecule has 0 bridgehead atoms. The standard InChI is InChI=1S/C53H101NO8/c1-3-5-7-9-11-13-14-15-16-17-18-19-20-21-22-23-24-25-26-27-28-29-30-31-32-33-34-35-37-39-41-43-49(57)54-46(47(56)42-40-38-36-12-10-8-6-4-2)45-61-53-52(60)51(59)50(58)48(44-55)62-53/h17-18,40,42,46-48,50-53,55-56,58-60H,3-16,19-39,41,43-45H2,1-2H3,(H,54,57)/b18-17-,42-40+. The molecular weight excluding hydrogens is 779 g/mol. The van der Waals surface area contributed by atoms with Crippen LogP contribution in [-0.4, -0.2) is 87.5 Å². The van der Waals surface area contributed by atoms with Crippen molar-refractivity contribution in [1.29, 1.82) is 0 Å². The third-order valence-electron chi connectivity index (χ3n) is 12.8. The first-order valence-electron chi connectivity index (χ1n) is 26.6. The fraction of sp³-hybridized carbons (Fsp3) is 0.906. The number of carbonyl (C=O) groups excluding carboxylic acids is 1. The van der Waals surface area contributed by atoms with E-state index in [0.717, 1.165) is 38.5 Å². The van der Waals surface area contributed by atoms with Crippen LogP contribution in [0.3, 0.4) is 0 Å². The van der Waals surface area contributed by atoms with E-state index in [1.807, 2.05) is 6.08 Å². The van der Waals surface area contributed by atoms with E-state index >= 15 is 0 Å². The molecule has 62 heavy (non-hydrogen) atoms. The van der Waals surface area contributed by atoms with Crippen LogP contribution < -0.4 is 5.32 Å². The van der Waals surface area contributed by atoms with Crippen molar-refractivity contribution >= 4 is 5.91 Å². The molecule has 1 saturated heterocycles. The van der Waals surface area contributed by atoms with Crippen molar-refractivity contribution in [2.24, 2.45) is 0 Å². The summed E-state index contributed by atoms with van der Waals surface area (Å²) >= 11 is 0. The van der Waals surface area contributed by atoms with Gasteiger partial charge in [-0.15, -0.1) is 0 Å². The van der Waals surface area contributed by atoms with Gasteiger partial charge in [-0.3, -0.25) is 4.79 Å². The quantitative estimate of drug-likeness (QED) is 0.0262. The predicted molar refractivity (Wildman–Crippen MR) is 258 cm³/mol. The third kappa shape index (κ3) is 33.2. The van der Waals surface area contributed by atoms with E-state index in [0.29, 0.717) is 6.42 Å². The topological polar surface area (TPSA) is 149 Å². The highest BCUT2D eigenvalue weighted by molar-refractivity contribution is 5.76. The summed E-state index contributed by atoms with van der Waals surface area (Å²) in [5.41, 5.74) is 0. The molecule has 0 aromatic carbocycles. The van der Waals surface area contributed by atoms with Crippen LogP contribution in [0, 0.1) is 0 Å². The Morgan fingerprint density at radius 1 is 0.532 bits per heavy atom. The first kappa shape index (κ1) is 58.7. The van der Waals surface area contributed by atoms with Crippen molar-refractivity contribution < 1.29 is 39.8 Å². The summed E-state index contributed by atoms with van der Waals surface area (Å²) in [5.74, 6) is -0.177. The fourth-order valence-corrected chi connectivity index (χ4v) is 8.51. The zero-order valence-corrected chi connectivity index (χ0v) is 40.4. The van der Waals surface area contributed by atoms with Crippen molar-refractivity contribution in [3.63, 3.8) is 0 Å². The molecule has 6 N–H and O–H groups in total. The van der Waals surface area contributed by atoms with Gasteiger partial charge in [-0.2, -0.15) is 0 Å².